The molecule has 0 fully saturated rings. The van der Waals surface area contributed by atoms with Gasteiger partial charge in [-0.25, -0.2) is 4.68 Å². The van der Waals surface area contributed by atoms with E-state index in [0.717, 1.165) is 83.4 Å². The van der Waals surface area contributed by atoms with Crippen molar-refractivity contribution >= 4 is 51.6 Å². The van der Waals surface area contributed by atoms with Gasteiger partial charge in [0, 0.05) is 15.8 Å². The number of aryl methyl sites for hydroxylation is 2. The van der Waals surface area contributed by atoms with Crippen molar-refractivity contribution in [1.82, 2.24) is 25.1 Å². The Balaban J connectivity index is 1.49. The summed E-state index contributed by atoms with van der Waals surface area (Å²) in [6, 6.07) is 32.2. The average Bonchev–Trinajstić information content (AvgIpc) is 3.73. The number of benzene rings is 5. The summed E-state index contributed by atoms with van der Waals surface area (Å²) < 4.78 is 4.42. The van der Waals surface area contributed by atoms with Crippen LogP contribution in [0.4, 0.5) is 17.1 Å². The lowest BCUT2D eigenvalue weighted by atomic mass is 9.97. The van der Waals surface area contributed by atoms with Crippen LogP contribution in [0.15, 0.2) is 95.9 Å². The predicted octanol–water partition coefficient (Wildman–Crippen LogP) is 8.85. The maximum absolute atomic E-state index is 4.75. The first-order valence-electron chi connectivity index (χ1n) is 15.1. The summed E-state index contributed by atoms with van der Waals surface area (Å²) in [4.78, 5) is 0.898. The normalized spacial score (nSPS) is 12.7. The topological polar surface area (TPSA) is 62.9 Å². The van der Waals surface area contributed by atoms with Gasteiger partial charge in [-0.05, 0) is 99.3 Å². The van der Waals surface area contributed by atoms with E-state index in [4.69, 9.17) is 5.21 Å². The van der Waals surface area contributed by atoms with Crippen LogP contribution in [0.2, 0.25) is 0 Å². The lowest BCUT2D eigenvalue weighted by Crippen LogP contribution is -2.33. The maximum atomic E-state index is 4.75. The Kier molecular flexibility index (Phi) is 6.27. The molecule has 0 amide bonds. The molecule has 7 nitrogen and oxygen atoms in total. The van der Waals surface area contributed by atoms with Gasteiger partial charge in [0.25, 0.3) is 0 Å². The summed E-state index contributed by atoms with van der Waals surface area (Å²) in [6.07, 6.45) is 0. The molecule has 45 heavy (non-hydrogen) atoms. The second-order valence-corrected chi connectivity index (χ2v) is 12.5. The Morgan fingerprint density at radius 2 is 1.40 bits per heavy atom. The Hall–Kier alpha value is -5.05. The van der Waals surface area contributed by atoms with Crippen molar-refractivity contribution in [2.24, 2.45) is 0 Å². The number of nitrogens with one attached hydrogen (secondary N) is 2. The molecule has 7 aromatic rings. The van der Waals surface area contributed by atoms with Crippen LogP contribution < -0.4 is 16.0 Å². The average molecular weight is 608 g/mol. The molecule has 0 unspecified atom stereocenters. The number of aromatic nitrogens is 4. The number of anilines is 3. The summed E-state index contributed by atoms with van der Waals surface area (Å²) in [5.41, 5.74) is 23.0. The molecule has 0 spiro atoms. The molecule has 0 atom stereocenters. The molecular formula is C37H33N7S. The van der Waals surface area contributed by atoms with Crippen LogP contribution >= 0.6 is 12.6 Å². The van der Waals surface area contributed by atoms with Crippen molar-refractivity contribution in [3.05, 3.63) is 119 Å². The van der Waals surface area contributed by atoms with E-state index in [-0.39, 0.29) is 0 Å². The summed E-state index contributed by atoms with van der Waals surface area (Å²) in [7, 11) is 0. The number of nitrogens with zero attached hydrogens (tertiary/aromatic N) is 5. The number of hydrogen-bond donors (Lipinski definition) is 3. The number of fused-ring (bicyclic) bond motifs is 3. The Bertz CT molecular complexity index is 2300. The van der Waals surface area contributed by atoms with Crippen molar-refractivity contribution in [2.75, 3.05) is 10.4 Å². The summed E-state index contributed by atoms with van der Waals surface area (Å²) in [5, 5.41) is 12.7. The third-order valence-electron chi connectivity index (χ3n) is 8.97. The molecule has 3 heterocycles. The first kappa shape index (κ1) is 27.5. The van der Waals surface area contributed by atoms with Crippen LogP contribution in [0.5, 0.6) is 0 Å². The van der Waals surface area contributed by atoms with E-state index in [9.17, 15) is 0 Å². The molecule has 0 aliphatic carbocycles. The molecule has 0 saturated carbocycles. The van der Waals surface area contributed by atoms with Gasteiger partial charge in [0.1, 0.15) is 5.52 Å². The second kappa shape index (κ2) is 10.3. The lowest BCUT2D eigenvalue weighted by molar-refractivity contribution is 0.803. The Morgan fingerprint density at radius 1 is 0.667 bits per heavy atom. The van der Waals surface area contributed by atoms with Crippen LogP contribution in [-0.2, 0) is 0 Å². The molecule has 0 radical (unpaired) electrons. The van der Waals surface area contributed by atoms with E-state index in [1.807, 2.05) is 16.8 Å². The number of rotatable bonds is 4. The smallest absolute Gasteiger partial charge is 0.113 e. The van der Waals surface area contributed by atoms with E-state index in [2.05, 4.69) is 152 Å². The van der Waals surface area contributed by atoms with Gasteiger partial charge in [-0.1, -0.05) is 59.3 Å². The summed E-state index contributed by atoms with van der Waals surface area (Å²) in [5.74, 6) is 0. The molecule has 0 bridgehead atoms. The van der Waals surface area contributed by atoms with Crippen molar-refractivity contribution in [3.8, 4) is 22.6 Å². The number of para-hydroxylation sites is 1. The van der Waals surface area contributed by atoms with Crippen LogP contribution in [-0.4, -0.2) is 19.6 Å². The van der Waals surface area contributed by atoms with Gasteiger partial charge in [0.2, 0.25) is 0 Å². The van der Waals surface area contributed by atoms with Crippen molar-refractivity contribution in [2.45, 2.75) is 39.5 Å². The van der Waals surface area contributed by atoms with E-state index < -0.39 is 0 Å². The highest BCUT2D eigenvalue weighted by molar-refractivity contribution is 7.80. The van der Waals surface area contributed by atoms with Gasteiger partial charge in [0.05, 0.1) is 45.2 Å². The first-order valence-corrected chi connectivity index (χ1v) is 15.5. The first-order chi connectivity index (χ1) is 21.8. The SMILES string of the molecule is Cc1ccc(-c2cc3ccccc3n2-c2c(C)c(N3NNc4cc(S)ccc43)c(C)c(-n3nnc4cc(C)ccc43)c2C)cc1. The standard InChI is InChI=1S/C37H33N7S/c1-21-10-13-26(14-11-21)34-19-27-8-6-7-9-31(27)42(34)35-23(3)36(43-32-16-12-22(2)18-29(32)38-40-43)25(5)37(24(35)4)44-33-17-15-28(45)20-30(33)39-41-44/h6-20,39,41,45H,1-5H3. The van der Waals surface area contributed by atoms with Crippen LogP contribution in [0.25, 0.3) is 44.6 Å². The largest absolute Gasteiger partial charge is 0.309 e. The highest BCUT2D eigenvalue weighted by atomic mass is 32.1. The molecule has 222 valence electrons. The molecule has 5 aromatic carbocycles. The number of thiol groups is 1. The van der Waals surface area contributed by atoms with Gasteiger partial charge in [-0.3, -0.25) is 5.01 Å². The third-order valence-corrected chi connectivity index (χ3v) is 9.25. The van der Waals surface area contributed by atoms with Gasteiger partial charge in [-0.15, -0.1) is 23.3 Å². The van der Waals surface area contributed by atoms with Crippen LogP contribution in [0.1, 0.15) is 27.8 Å². The predicted molar refractivity (Wildman–Crippen MR) is 187 cm³/mol. The minimum atomic E-state index is 0.872. The molecule has 2 aromatic heterocycles. The van der Waals surface area contributed by atoms with E-state index in [0.29, 0.717) is 0 Å². The monoisotopic (exact) mass is 607 g/mol. The van der Waals surface area contributed by atoms with Crippen molar-refractivity contribution < 1.29 is 0 Å². The molecule has 0 saturated heterocycles. The molecule has 1 aliphatic rings. The van der Waals surface area contributed by atoms with Gasteiger partial charge in [0.15, 0.2) is 0 Å². The summed E-state index contributed by atoms with van der Waals surface area (Å²) in [6.45, 7) is 10.8. The fourth-order valence-corrected chi connectivity index (χ4v) is 7.08. The third kappa shape index (κ3) is 4.24. The fourth-order valence-electron chi connectivity index (χ4n) is 6.87. The second-order valence-electron chi connectivity index (χ2n) is 12.0. The van der Waals surface area contributed by atoms with Crippen molar-refractivity contribution in [3.63, 3.8) is 0 Å². The zero-order valence-corrected chi connectivity index (χ0v) is 26.7. The zero-order valence-electron chi connectivity index (χ0n) is 25.8. The fraction of sp³-hybridized carbons (Fsp3) is 0.135. The summed E-state index contributed by atoms with van der Waals surface area (Å²) >= 11 is 4.59. The van der Waals surface area contributed by atoms with Gasteiger partial charge < -0.3 is 9.99 Å². The zero-order chi connectivity index (χ0) is 31.0. The molecule has 1 aliphatic heterocycles. The molecule has 8 heteroatoms. The highest BCUT2D eigenvalue weighted by Crippen LogP contribution is 2.46. The van der Waals surface area contributed by atoms with E-state index in [1.165, 1.54) is 10.9 Å². The minimum Gasteiger partial charge on any atom is -0.309 e. The van der Waals surface area contributed by atoms with E-state index >= 15 is 0 Å². The molecule has 2 N–H and O–H groups in total. The minimum absolute atomic E-state index is 0.872. The lowest BCUT2D eigenvalue weighted by Gasteiger charge is -2.29. The quantitative estimate of drug-likeness (QED) is 0.175. The molecule has 8 rings (SSSR count). The van der Waals surface area contributed by atoms with Crippen molar-refractivity contribution in [1.29, 1.82) is 0 Å². The van der Waals surface area contributed by atoms with E-state index in [1.54, 1.807) is 0 Å². The van der Waals surface area contributed by atoms with Gasteiger partial charge in [-0.2, -0.15) is 0 Å². The Labute approximate surface area is 267 Å². The van der Waals surface area contributed by atoms with Crippen LogP contribution in [0.3, 0.4) is 0 Å². The Morgan fingerprint density at radius 3 is 2.22 bits per heavy atom. The highest BCUT2D eigenvalue weighted by Gasteiger charge is 2.30. The van der Waals surface area contributed by atoms with Gasteiger partial charge >= 0.3 is 0 Å². The number of hydrazine groups is 2. The van der Waals surface area contributed by atoms with Crippen LogP contribution in [0, 0.1) is 34.6 Å². The maximum Gasteiger partial charge on any atom is 0.113 e. The number of hydrogen-bond acceptors (Lipinski definition) is 6. The molecular weight excluding hydrogens is 575 g/mol.